The summed E-state index contributed by atoms with van der Waals surface area (Å²) >= 11 is 0. The molecule has 0 bridgehead atoms. The smallest absolute Gasteiger partial charge is 0.152 e. The van der Waals surface area contributed by atoms with Crippen LogP contribution in [-0.2, 0) is 9.84 Å². The number of halogens is 1. The van der Waals surface area contributed by atoms with Crippen LogP contribution in [0, 0.1) is 0 Å². The van der Waals surface area contributed by atoms with E-state index in [-0.39, 0.29) is 17.9 Å². The summed E-state index contributed by atoms with van der Waals surface area (Å²) < 4.78 is 33.7. The molecule has 2 N–H and O–H groups in total. The second kappa shape index (κ2) is 2.71. The van der Waals surface area contributed by atoms with Crippen molar-refractivity contribution in [3.63, 3.8) is 0 Å². The van der Waals surface area contributed by atoms with Crippen LogP contribution in [0.3, 0.4) is 0 Å². The van der Waals surface area contributed by atoms with Crippen molar-refractivity contribution in [3.05, 3.63) is 0 Å². The largest absolute Gasteiger partial charge is 0.324 e. The van der Waals surface area contributed by atoms with Gasteiger partial charge in [-0.05, 0) is 12.8 Å². The van der Waals surface area contributed by atoms with Gasteiger partial charge in [-0.25, -0.2) is 8.42 Å². The number of hydrogen-bond donors (Lipinski definition) is 1. The quantitative estimate of drug-likeness (QED) is 0.645. The van der Waals surface area contributed by atoms with E-state index < -0.39 is 22.1 Å². The lowest BCUT2D eigenvalue weighted by atomic mass is 9.97. The van der Waals surface area contributed by atoms with Gasteiger partial charge in [0.05, 0.1) is 18.2 Å². The summed E-state index contributed by atoms with van der Waals surface area (Å²) in [6.45, 7) is -0.536. The summed E-state index contributed by atoms with van der Waals surface area (Å²) in [6.07, 6.45) is 0.561. The molecular formula is C6H12FNO2S. The second-order valence-electron chi connectivity index (χ2n) is 3.14. The summed E-state index contributed by atoms with van der Waals surface area (Å²) in [5, 5.41) is 0. The van der Waals surface area contributed by atoms with Gasteiger partial charge in [-0.3, -0.25) is 4.39 Å². The number of sulfone groups is 1. The Balaban J connectivity index is 2.65. The first-order valence-corrected chi connectivity index (χ1v) is 5.35. The van der Waals surface area contributed by atoms with E-state index in [1.54, 1.807) is 0 Å². The Labute approximate surface area is 65.7 Å². The molecule has 0 aromatic carbocycles. The lowest BCUT2D eigenvalue weighted by molar-refractivity contribution is 0.362. The molecule has 0 spiro atoms. The van der Waals surface area contributed by atoms with Crippen molar-refractivity contribution in [1.82, 2.24) is 0 Å². The zero-order valence-electron chi connectivity index (χ0n) is 6.22. The SMILES string of the molecule is NC1(CCF)CCS(=O)(=O)C1. The van der Waals surface area contributed by atoms with E-state index in [9.17, 15) is 12.8 Å². The van der Waals surface area contributed by atoms with Crippen LogP contribution in [0.4, 0.5) is 4.39 Å². The molecule has 5 heteroatoms. The number of rotatable bonds is 2. The number of nitrogens with two attached hydrogens (primary N) is 1. The fourth-order valence-electron chi connectivity index (χ4n) is 1.33. The van der Waals surface area contributed by atoms with Crippen LogP contribution in [0.1, 0.15) is 12.8 Å². The average molecular weight is 181 g/mol. The van der Waals surface area contributed by atoms with Crippen LogP contribution in [0.5, 0.6) is 0 Å². The molecule has 0 radical (unpaired) electrons. The lowest BCUT2D eigenvalue weighted by Gasteiger charge is -2.19. The molecule has 0 aliphatic carbocycles. The molecule has 1 unspecified atom stereocenters. The van der Waals surface area contributed by atoms with Gasteiger partial charge < -0.3 is 5.73 Å². The molecule has 1 rings (SSSR count). The van der Waals surface area contributed by atoms with Gasteiger partial charge in [-0.1, -0.05) is 0 Å². The molecule has 1 saturated heterocycles. The molecule has 0 saturated carbocycles. The predicted octanol–water partition coefficient (Wildman–Crippen LogP) is -0.138. The Bertz CT molecular complexity index is 239. The third-order valence-electron chi connectivity index (χ3n) is 2.01. The summed E-state index contributed by atoms with van der Waals surface area (Å²) in [6, 6.07) is 0. The van der Waals surface area contributed by atoms with Crippen molar-refractivity contribution in [2.75, 3.05) is 18.2 Å². The molecule has 0 aromatic heterocycles. The number of alkyl halides is 1. The Morgan fingerprint density at radius 1 is 1.55 bits per heavy atom. The first-order chi connectivity index (χ1) is 4.97. The average Bonchev–Trinajstić information content (AvgIpc) is 2.07. The Morgan fingerprint density at radius 3 is 2.55 bits per heavy atom. The molecule has 66 valence electrons. The molecule has 11 heavy (non-hydrogen) atoms. The minimum atomic E-state index is -2.97. The molecule has 0 aromatic rings. The highest BCUT2D eigenvalue weighted by Gasteiger charge is 2.38. The fourth-order valence-corrected chi connectivity index (χ4v) is 3.35. The normalized spacial score (nSPS) is 35.8. The number of hydrogen-bond acceptors (Lipinski definition) is 3. The van der Waals surface area contributed by atoms with Gasteiger partial charge in [-0.2, -0.15) is 0 Å². The Hall–Kier alpha value is -0.160. The van der Waals surface area contributed by atoms with E-state index in [0.29, 0.717) is 6.42 Å². The Kier molecular flexibility index (Phi) is 2.20. The van der Waals surface area contributed by atoms with E-state index in [2.05, 4.69) is 0 Å². The third kappa shape index (κ3) is 2.13. The highest BCUT2D eigenvalue weighted by atomic mass is 32.2. The molecule has 3 nitrogen and oxygen atoms in total. The van der Waals surface area contributed by atoms with Gasteiger partial charge in [0.25, 0.3) is 0 Å². The van der Waals surface area contributed by atoms with Gasteiger partial charge in [0.15, 0.2) is 9.84 Å². The van der Waals surface area contributed by atoms with E-state index in [1.165, 1.54) is 0 Å². The molecule has 1 fully saturated rings. The van der Waals surface area contributed by atoms with E-state index in [4.69, 9.17) is 5.73 Å². The topological polar surface area (TPSA) is 60.2 Å². The molecule has 1 aliphatic heterocycles. The standard InChI is InChI=1S/C6H12FNO2S/c7-3-1-6(8)2-4-11(9,10)5-6/h1-5,8H2. The monoisotopic (exact) mass is 181 g/mol. The van der Waals surface area contributed by atoms with Crippen LogP contribution in [-0.4, -0.2) is 32.1 Å². The van der Waals surface area contributed by atoms with Gasteiger partial charge >= 0.3 is 0 Å². The molecule has 1 heterocycles. The fraction of sp³-hybridized carbons (Fsp3) is 1.00. The molecule has 1 aliphatic rings. The maximum atomic E-state index is 11.9. The van der Waals surface area contributed by atoms with Crippen molar-refractivity contribution in [2.24, 2.45) is 5.73 Å². The molecule has 1 atom stereocenters. The minimum absolute atomic E-state index is 0.0517. The minimum Gasteiger partial charge on any atom is -0.324 e. The van der Waals surface area contributed by atoms with Crippen LogP contribution in [0.15, 0.2) is 0 Å². The van der Waals surface area contributed by atoms with E-state index in [0.717, 1.165) is 0 Å². The molecule has 0 amide bonds. The summed E-state index contributed by atoms with van der Waals surface area (Å²) in [4.78, 5) is 0. The van der Waals surface area contributed by atoms with Gasteiger partial charge in [0.2, 0.25) is 0 Å². The van der Waals surface area contributed by atoms with Crippen molar-refractivity contribution in [2.45, 2.75) is 18.4 Å². The van der Waals surface area contributed by atoms with Crippen molar-refractivity contribution < 1.29 is 12.8 Å². The van der Waals surface area contributed by atoms with Gasteiger partial charge in [0.1, 0.15) is 0 Å². The van der Waals surface area contributed by atoms with Crippen LogP contribution >= 0.6 is 0 Å². The van der Waals surface area contributed by atoms with Crippen LogP contribution in [0.25, 0.3) is 0 Å². The zero-order valence-corrected chi connectivity index (χ0v) is 7.03. The maximum absolute atomic E-state index is 11.9. The predicted molar refractivity (Wildman–Crippen MR) is 40.8 cm³/mol. The van der Waals surface area contributed by atoms with E-state index in [1.807, 2.05) is 0 Å². The highest BCUT2D eigenvalue weighted by molar-refractivity contribution is 7.91. The second-order valence-corrected chi connectivity index (χ2v) is 5.33. The highest BCUT2D eigenvalue weighted by Crippen LogP contribution is 2.23. The van der Waals surface area contributed by atoms with Gasteiger partial charge in [-0.15, -0.1) is 0 Å². The summed E-state index contributed by atoms with van der Waals surface area (Å²) in [7, 11) is -2.97. The van der Waals surface area contributed by atoms with Crippen LogP contribution in [0.2, 0.25) is 0 Å². The maximum Gasteiger partial charge on any atom is 0.152 e. The van der Waals surface area contributed by atoms with Crippen molar-refractivity contribution >= 4 is 9.84 Å². The first-order valence-electron chi connectivity index (χ1n) is 3.53. The van der Waals surface area contributed by atoms with Crippen LogP contribution < -0.4 is 5.73 Å². The van der Waals surface area contributed by atoms with Crippen molar-refractivity contribution in [1.29, 1.82) is 0 Å². The zero-order chi connectivity index (χ0) is 8.54. The summed E-state index contributed by atoms with van der Waals surface area (Å²) in [5.41, 5.74) is 4.84. The Morgan fingerprint density at radius 2 is 2.18 bits per heavy atom. The van der Waals surface area contributed by atoms with E-state index >= 15 is 0 Å². The molecular weight excluding hydrogens is 169 g/mol. The summed E-state index contributed by atoms with van der Waals surface area (Å²) in [5.74, 6) is 0.0629. The first kappa shape index (κ1) is 8.93. The van der Waals surface area contributed by atoms with Gasteiger partial charge in [0, 0.05) is 5.54 Å². The van der Waals surface area contributed by atoms with Crippen molar-refractivity contribution in [3.8, 4) is 0 Å². The lowest BCUT2D eigenvalue weighted by Crippen LogP contribution is -2.41. The third-order valence-corrected chi connectivity index (χ3v) is 3.85.